The van der Waals surface area contributed by atoms with E-state index in [4.69, 9.17) is 21.5 Å². The van der Waals surface area contributed by atoms with Crippen LogP contribution in [0, 0.1) is 11.3 Å². The van der Waals surface area contributed by atoms with E-state index in [0.717, 1.165) is 19.5 Å². The van der Waals surface area contributed by atoms with Crippen LogP contribution in [-0.4, -0.2) is 81.9 Å². The van der Waals surface area contributed by atoms with Crippen LogP contribution in [0.25, 0.3) is 5.65 Å². The van der Waals surface area contributed by atoms with Gasteiger partial charge < -0.3 is 26.8 Å². The van der Waals surface area contributed by atoms with Gasteiger partial charge in [0.15, 0.2) is 11.5 Å². The van der Waals surface area contributed by atoms with Gasteiger partial charge in [0.2, 0.25) is 0 Å². The molecule has 2 aromatic rings. The minimum atomic E-state index is -0.273. The van der Waals surface area contributed by atoms with Crippen LogP contribution in [0.1, 0.15) is 80.1 Å². The van der Waals surface area contributed by atoms with E-state index in [1.54, 1.807) is 12.4 Å². The first-order valence-corrected chi connectivity index (χ1v) is 14.6. The number of carbonyl (C=O) groups excluding carboxylic acids is 1. The summed E-state index contributed by atoms with van der Waals surface area (Å²) in [6.07, 6.45) is 15.9. The Kier molecular flexibility index (Phi) is 8.97. The predicted octanol–water partition coefficient (Wildman–Crippen LogP) is 1.76. The normalized spacial score (nSPS) is 26.7. The first-order chi connectivity index (χ1) is 19.0. The van der Waals surface area contributed by atoms with E-state index < -0.39 is 0 Å². The summed E-state index contributed by atoms with van der Waals surface area (Å²) in [5, 5.41) is 20.6. The minimum Gasteiger partial charge on any atom is -0.381 e. The van der Waals surface area contributed by atoms with Crippen LogP contribution in [-0.2, 0) is 11.2 Å². The molecule has 2 aliphatic heterocycles. The van der Waals surface area contributed by atoms with Crippen molar-refractivity contribution < 1.29 is 9.53 Å². The Balaban J connectivity index is 1.38. The van der Waals surface area contributed by atoms with Gasteiger partial charge in [-0.15, -0.1) is 5.10 Å². The first kappa shape index (κ1) is 27.8. The van der Waals surface area contributed by atoms with Crippen molar-refractivity contribution in [1.29, 1.82) is 5.26 Å². The number of ether oxygens (including phenoxy) is 1. The van der Waals surface area contributed by atoms with Crippen molar-refractivity contribution in [2.45, 2.75) is 94.4 Å². The van der Waals surface area contributed by atoms with Crippen LogP contribution < -0.4 is 22.1 Å². The highest BCUT2D eigenvalue weighted by molar-refractivity contribution is 6.04. The zero-order valence-corrected chi connectivity index (χ0v) is 22.9. The summed E-state index contributed by atoms with van der Waals surface area (Å²) in [6.45, 7) is 3.43. The number of nitrogens with one attached hydrogen (secondary N) is 2. The maximum absolute atomic E-state index is 13.7. The lowest BCUT2D eigenvalue weighted by Crippen LogP contribution is -2.68. The molecule has 5 rings (SSSR count). The molecule has 3 aliphatic rings. The number of anilines is 1. The van der Waals surface area contributed by atoms with Crippen molar-refractivity contribution in [3.05, 3.63) is 23.5 Å². The largest absolute Gasteiger partial charge is 0.381 e. The summed E-state index contributed by atoms with van der Waals surface area (Å²) in [6, 6.07) is 2.16. The van der Waals surface area contributed by atoms with E-state index in [-0.39, 0.29) is 47.4 Å². The second-order valence-electron chi connectivity index (χ2n) is 11.5. The Labute approximate surface area is 230 Å². The maximum Gasteiger partial charge on any atom is 0.259 e. The zero-order valence-electron chi connectivity index (χ0n) is 22.9. The number of nitrogens with zero attached hydrogens (tertiary/aromatic N) is 5. The Morgan fingerprint density at radius 3 is 2.69 bits per heavy atom. The van der Waals surface area contributed by atoms with E-state index in [1.165, 1.54) is 62.3 Å². The molecular weight excluding hydrogens is 494 g/mol. The van der Waals surface area contributed by atoms with Gasteiger partial charge >= 0.3 is 0 Å². The number of piperidine rings is 1. The molecule has 0 radical (unpaired) electrons. The zero-order chi connectivity index (χ0) is 27.2. The van der Waals surface area contributed by atoms with E-state index in [1.807, 2.05) is 0 Å². The molecule has 6 N–H and O–H groups in total. The number of nitrogen functional groups attached to an aromatic ring is 1. The van der Waals surface area contributed by atoms with Gasteiger partial charge in [-0.2, -0.15) is 5.26 Å². The summed E-state index contributed by atoms with van der Waals surface area (Å²) in [4.78, 5) is 20.6. The van der Waals surface area contributed by atoms with Crippen molar-refractivity contribution >= 4 is 17.4 Å². The number of rotatable bonds is 5. The third kappa shape index (κ3) is 6.35. The first-order valence-electron chi connectivity index (χ1n) is 14.6. The molecule has 2 aromatic heterocycles. The van der Waals surface area contributed by atoms with E-state index in [9.17, 15) is 4.79 Å². The SMILES string of the molecule is N#CCc1cnc2c(C(=O)NC3CNC4(CCCCCCCCC4)CC3N3CCOC(CN)C3)c(N)nn2c1. The van der Waals surface area contributed by atoms with Gasteiger partial charge in [0, 0.05) is 55.7 Å². The Morgan fingerprint density at radius 1 is 1.23 bits per heavy atom. The molecule has 11 nitrogen and oxygen atoms in total. The van der Waals surface area contributed by atoms with E-state index in [0.29, 0.717) is 30.9 Å². The fraction of sp³-hybridized carbons (Fsp3) is 0.714. The predicted molar refractivity (Wildman–Crippen MR) is 149 cm³/mol. The van der Waals surface area contributed by atoms with Crippen molar-refractivity contribution in [2.75, 3.05) is 38.5 Å². The molecule has 212 valence electrons. The van der Waals surface area contributed by atoms with Crippen molar-refractivity contribution in [3.8, 4) is 6.07 Å². The number of nitriles is 1. The molecule has 4 heterocycles. The number of fused-ring (bicyclic) bond motifs is 1. The second-order valence-corrected chi connectivity index (χ2v) is 11.5. The van der Waals surface area contributed by atoms with Gasteiger partial charge in [-0.3, -0.25) is 9.69 Å². The average molecular weight is 538 g/mol. The van der Waals surface area contributed by atoms with Crippen molar-refractivity contribution in [1.82, 2.24) is 30.1 Å². The molecule has 1 aliphatic carbocycles. The summed E-state index contributed by atoms with van der Waals surface area (Å²) >= 11 is 0. The Morgan fingerprint density at radius 2 is 1.97 bits per heavy atom. The molecular formula is C28H43N9O2. The highest BCUT2D eigenvalue weighted by Gasteiger charge is 2.44. The second kappa shape index (κ2) is 12.6. The lowest BCUT2D eigenvalue weighted by Gasteiger charge is -2.51. The monoisotopic (exact) mass is 537 g/mol. The summed E-state index contributed by atoms with van der Waals surface area (Å²) in [7, 11) is 0. The van der Waals surface area contributed by atoms with Crippen molar-refractivity contribution in [3.63, 3.8) is 0 Å². The van der Waals surface area contributed by atoms with Crippen LogP contribution in [0.3, 0.4) is 0 Å². The van der Waals surface area contributed by atoms with Gasteiger partial charge in [0.05, 0.1) is 31.2 Å². The van der Waals surface area contributed by atoms with Crippen molar-refractivity contribution in [2.24, 2.45) is 5.73 Å². The van der Waals surface area contributed by atoms with Gasteiger partial charge in [-0.05, 0) is 19.3 Å². The third-order valence-electron chi connectivity index (χ3n) is 8.85. The van der Waals surface area contributed by atoms with Crippen LogP contribution in [0.2, 0.25) is 0 Å². The molecule has 0 bridgehead atoms. The Hall–Kier alpha value is -2.78. The standard InChI is InChI=1S/C28H43N9O2/c29-11-8-20-16-32-26-24(25(31)35-37(26)18-20)27(38)34-22-17-33-28(9-6-4-2-1-3-5-7-10-28)14-23(22)36-12-13-39-21(15-30)19-36/h16,18,21-23,33H,1-10,12-15,17,19,30H2,(H2,31,35)(H,34,38). The molecule has 0 aromatic carbocycles. The van der Waals surface area contributed by atoms with Crippen LogP contribution in [0.4, 0.5) is 5.82 Å². The third-order valence-corrected chi connectivity index (χ3v) is 8.85. The summed E-state index contributed by atoms with van der Waals surface area (Å²) in [5.41, 5.74) is 13.7. The average Bonchev–Trinajstić information content (AvgIpc) is 3.28. The molecule has 11 heteroatoms. The molecule has 2 saturated heterocycles. The molecule has 1 spiro atoms. The van der Waals surface area contributed by atoms with Gasteiger partial charge in [0.1, 0.15) is 5.56 Å². The maximum atomic E-state index is 13.7. The fourth-order valence-corrected chi connectivity index (χ4v) is 6.74. The van der Waals surface area contributed by atoms with Crippen LogP contribution in [0.5, 0.6) is 0 Å². The molecule has 3 fully saturated rings. The fourth-order valence-electron chi connectivity index (χ4n) is 6.74. The quantitative estimate of drug-likeness (QED) is 0.446. The highest BCUT2D eigenvalue weighted by Crippen LogP contribution is 2.35. The molecule has 1 saturated carbocycles. The van der Waals surface area contributed by atoms with Crippen LogP contribution >= 0.6 is 0 Å². The highest BCUT2D eigenvalue weighted by atomic mass is 16.5. The lowest BCUT2D eigenvalue weighted by atomic mass is 9.75. The molecule has 3 atom stereocenters. The number of amides is 1. The number of morpholine rings is 1. The minimum absolute atomic E-state index is 0.00653. The summed E-state index contributed by atoms with van der Waals surface area (Å²) < 4.78 is 7.39. The number of aromatic nitrogens is 3. The number of hydrogen-bond donors (Lipinski definition) is 4. The summed E-state index contributed by atoms with van der Waals surface area (Å²) in [5.74, 6) is -0.141. The smallest absolute Gasteiger partial charge is 0.259 e. The molecule has 3 unspecified atom stereocenters. The molecule has 1 amide bonds. The van der Waals surface area contributed by atoms with Gasteiger partial charge in [0.25, 0.3) is 5.91 Å². The number of carbonyl (C=O) groups is 1. The van der Waals surface area contributed by atoms with E-state index in [2.05, 4.69) is 31.7 Å². The van der Waals surface area contributed by atoms with Gasteiger partial charge in [-0.1, -0.05) is 44.9 Å². The lowest BCUT2D eigenvalue weighted by molar-refractivity contribution is -0.0561. The molecule has 39 heavy (non-hydrogen) atoms. The Bertz CT molecular complexity index is 1170. The number of hydrogen-bond acceptors (Lipinski definition) is 9. The van der Waals surface area contributed by atoms with Gasteiger partial charge in [-0.25, -0.2) is 9.50 Å². The van der Waals surface area contributed by atoms with Crippen LogP contribution in [0.15, 0.2) is 12.4 Å². The number of nitrogens with two attached hydrogens (primary N) is 2. The topological polar surface area (TPSA) is 160 Å². The van der Waals surface area contributed by atoms with E-state index >= 15 is 0 Å².